The van der Waals surface area contributed by atoms with E-state index in [-0.39, 0.29) is 5.91 Å². The van der Waals surface area contributed by atoms with Crippen molar-refractivity contribution in [3.63, 3.8) is 0 Å². The average Bonchev–Trinajstić information content (AvgIpc) is 3.31. The number of carbonyl (C=O) groups excluding carboxylic acids is 1. The number of hydrogen-bond acceptors (Lipinski definition) is 4. The lowest BCUT2D eigenvalue weighted by atomic mass is 9.83. The predicted molar refractivity (Wildman–Crippen MR) is 84.8 cm³/mol. The van der Waals surface area contributed by atoms with Gasteiger partial charge < -0.3 is 14.2 Å². The molecule has 2 heterocycles. The van der Waals surface area contributed by atoms with Gasteiger partial charge in [0.1, 0.15) is 6.61 Å². The molecule has 5 heteroatoms. The number of likely N-dealkylation sites (tertiary alicyclic amines) is 1. The van der Waals surface area contributed by atoms with Gasteiger partial charge in [0.15, 0.2) is 11.5 Å². The molecule has 0 radical (unpaired) electrons. The molecular weight excluding hydrogens is 292 g/mol. The van der Waals surface area contributed by atoms with E-state index in [2.05, 4.69) is 5.16 Å². The first kappa shape index (κ1) is 15.2. The summed E-state index contributed by atoms with van der Waals surface area (Å²) in [5.41, 5.74) is 0.428. The van der Waals surface area contributed by atoms with Gasteiger partial charge in [0, 0.05) is 25.8 Å². The number of amides is 1. The molecule has 4 atom stereocenters. The molecule has 3 fully saturated rings. The summed E-state index contributed by atoms with van der Waals surface area (Å²) in [5, 5.41) is 3.94. The summed E-state index contributed by atoms with van der Waals surface area (Å²) in [6, 6.07) is 2.12. The first-order valence-electron chi connectivity index (χ1n) is 9.00. The van der Waals surface area contributed by atoms with Crippen molar-refractivity contribution in [1.29, 1.82) is 0 Å². The van der Waals surface area contributed by atoms with Crippen LogP contribution in [0.1, 0.15) is 61.2 Å². The van der Waals surface area contributed by atoms with Gasteiger partial charge in [-0.15, -0.1) is 0 Å². The fourth-order valence-corrected chi connectivity index (χ4v) is 5.13. The third-order valence-corrected chi connectivity index (χ3v) is 6.16. The topological polar surface area (TPSA) is 55.6 Å². The third-order valence-electron chi connectivity index (χ3n) is 6.16. The van der Waals surface area contributed by atoms with Crippen molar-refractivity contribution in [1.82, 2.24) is 10.1 Å². The standard InChI is InChI=1S/C18H26N2O3/c1-22-11-16-10-17(19-23-16)18(21)20-6-2-3-15(20)9-14-8-12-4-5-13(14)7-12/h10,12-15H,2-9,11H2,1H3/t12-,13-,14+,15-/m0/s1. The van der Waals surface area contributed by atoms with E-state index in [1.54, 1.807) is 13.2 Å². The number of rotatable bonds is 5. The van der Waals surface area contributed by atoms with Gasteiger partial charge in [0.05, 0.1) is 0 Å². The Labute approximate surface area is 137 Å². The highest BCUT2D eigenvalue weighted by Gasteiger charge is 2.42. The van der Waals surface area contributed by atoms with Crippen LogP contribution >= 0.6 is 0 Å². The molecule has 0 spiro atoms. The van der Waals surface area contributed by atoms with Gasteiger partial charge in [-0.05, 0) is 56.3 Å². The van der Waals surface area contributed by atoms with Crippen LogP contribution < -0.4 is 0 Å². The number of aromatic nitrogens is 1. The second-order valence-electron chi connectivity index (χ2n) is 7.58. The number of fused-ring (bicyclic) bond motifs is 2. The highest BCUT2D eigenvalue weighted by atomic mass is 16.5. The van der Waals surface area contributed by atoms with Crippen molar-refractivity contribution in [3.8, 4) is 0 Å². The minimum Gasteiger partial charge on any atom is -0.377 e. The molecule has 2 saturated carbocycles. The fourth-order valence-electron chi connectivity index (χ4n) is 5.13. The molecule has 4 rings (SSSR count). The monoisotopic (exact) mass is 318 g/mol. The van der Waals surface area contributed by atoms with E-state index >= 15 is 0 Å². The van der Waals surface area contributed by atoms with E-state index in [1.165, 1.54) is 32.1 Å². The molecule has 1 amide bonds. The summed E-state index contributed by atoms with van der Waals surface area (Å²) in [5.74, 6) is 3.38. The molecule has 1 aliphatic heterocycles. The van der Waals surface area contributed by atoms with Gasteiger partial charge in [0.2, 0.25) is 0 Å². The maximum Gasteiger partial charge on any atom is 0.276 e. The molecule has 5 nitrogen and oxygen atoms in total. The minimum atomic E-state index is 0.0294. The van der Waals surface area contributed by atoms with Crippen LogP contribution in [-0.2, 0) is 11.3 Å². The number of nitrogens with zero attached hydrogens (tertiary/aromatic N) is 2. The fraction of sp³-hybridized carbons (Fsp3) is 0.778. The lowest BCUT2D eigenvalue weighted by molar-refractivity contribution is 0.0696. The molecule has 1 aromatic rings. The zero-order valence-electron chi connectivity index (χ0n) is 13.9. The van der Waals surface area contributed by atoms with Crippen molar-refractivity contribution >= 4 is 5.91 Å². The van der Waals surface area contributed by atoms with Crippen molar-refractivity contribution in [2.45, 2.75) is 57.6 Å². The largest absolute Gasteiger partial charge is 0.377 e. The van der Waals surface area contributed by atoms with Gasteiger partial charge >= 0.3 is 0 Å². The van der Waals surface area contributed by atoms with Crippen LogP contribution in [0.4, 0.5) is 0 Å². The summed E-state index contributed by atoms with van der Waals surface area (Å²) in [6.45, 7) is 1.21. The van der Waals surface area contributed by atoms with Gasteiger partial charge in [-0.3, -0.25) is 4.79 Å². The number of carbonyl (C=O) groups is 1. The lowest BCUT2D eigenvalue weighted by Gasteiger charge is -2.29. The Morgan fingerprint density at radius 3 is 3.04 bits per heavy atom. The molecular formula is C18H26N2O3. The van der Waals surface area contributed by atoms with Crippen LogP contribution in [0, 0.1) is 17.8 Å². The molecule has 23 heavy (non-hydrogen) atoms. The highest BCUT2D eigenvalue weighted by Crippen LogP contribution is 2.50. The van der Waals surface area contributed by atoms with Crippen LogP contribution in [0.2, 0.25) is 0 Å². The van der Waals surface area contributed by atoms with E-state index in [0.29, 0.717) is 24.1 Å². The van der Waals surface area contributed by atoms with Gasteiger partial charge in [-0.1, -0.05) is 11.6 Å². The van der Waals surface area contributed by atoms with Crippen molar-refractivity contribution in [3.05, 3.63) is 17.5 Å². The van der Waals surface area contributed by atoms with Gasteiger partial charge in [-0.25, -0.2) is 0 Å². The van der Waals surface area contributed by atoms with Crippen molar-refractivity contribution in [2.75, 3.05) is 13.7 Å². The van der Waals surface area contributed by atoms with Crippen molar-refractivity contribution < 1.29 is 14.1 Å². The second-order valence-corrected chi connectivity index (χ2v) is 7.58. The van der Waals surface area contributed by atoms with Gasteiger partial charge in [0.25, 0.3) is 5.91 Å². The molecule has 3 aliphatic rings. The van der Waals surface area contributed by atoms with E-state index in [9.17, 15) is 4.79 Å². The molecule has 126 valence electrons. The Kier molecular flexibility index (Phi) is 4.14. The Balaban J connectivity index is 1.41. The third kappa shape index (κ3) is 2.91. The van der Waals surface area contributed by atoms with E-state index < -0.39 is 0 Å². The predicted octanol–water partition coefficient (Wildman–Crippen LogP) is 3.25. The quantitative estimate of drug-likeness (QED) is 0.836. The van der Waals surface area contributed by atoms with Crippen LogP contribution in [-0.4, -0.2) is 35.7 Å². The summed E-state index contributed by atoms with van der Waals surface area (Å²) in [7, 11) is 1.61. The molecule has 0 aromatic carbocycles. The SMILES string of the molecule is COCc1cc(C(=O)N2CCC[C@H]2C[C@H]2C[C@H]3CC[C@H]2C3)no1. The first-order valence-corrected chi connectivity index (χ1v) is 9.00. The van der Waals surface area contributed by atoms with Crippen molar-refractivity contribution in [2.24, 2.45) is 17.8 Å². The first-order chi connectivity index (χ1) is 11.2. The number of methoxy groups -OCH3 is 1. The highest BCUT2D eigenvalue weighted by molar-refractivity contribution is 5.92. The zero-order valence-corrected chi connectivity index (χ0v) is 13.9. The minimum absolute atomic E-state index is 0.0294. The molecule has 1 aromatic heterocycles. The Morgan fingerprint density at radius 2 is 2.30 bits per heavy atom. The number of ether oxygens (including phenoxy) is 1. The van der Waals surface area contributed by atoms with Gasteiger partial charge in [-0.2, -0.15) is 0 Å². The average molecular weight is 318 g/mol. The van der Waals surface area contributed by atoms with E-state index in [0.717, 1.165) is 37.1 Å². The van der Waals surface area contributed by atoms with Crippen LogP contribution in [0.5, 0.6) is 0 Å². The maximum atomic E-state index is 12.8. The van der Waals surface area contributed by atoms with Crippen LogP contribution in [0.3, 0.4) is 0 Å². The molecule has 2 bridgehead atoms. The second kappa shape index (κ2) is 6.27. The lowest BCUT2D eigenvalue weighted by Crippen LogP contribution is -2.37. The summed E-state index contributed by atoms with van der Waals surface area (Å²) in [6.07, 6.45) is 9.13. The smallest absolute Gasteiger partial charge is 0.276 e. The Bertz CT molecular complexity index is 570. The maximum absolute atomic E-state index is 12.8. The zero-order chi connectivity index (χ0) is 15.8. The summed E-state index contributed by atoms with van der Waals surface area (Å²) < 4.78 is 10.2. The Morgan fingerprint density at radius 1 is 1.39 bits per heavy atom. The summed E-state index contributed by atoms with van der Waals surface area (Å²) >= 11 is 0. The van der Waals surface area contributed by atoms with Crippen LogP contribution in [0.15, 0.2) is 10.6 Å². The van der Waals surface area contributed by atoms with E-state index in [1.807, 2.05) is 4.90 Å². The molecule has 2 aliphatic carbocycles. The molecule has 0 unspecified atom stereocenters. The number of hydrogen-bond donors (Lipinski definition) is 0. The molecule has 0 N–H and O–H groups in total. The normalized spacial score (nSPS) is 32.8. The summed E-state index contributed by atoms with van der Waals surface area (Å²) in [4.78, 5) is 14.8. The van der Waals surface area contributed by atoms with Crippen LogP contribution in [0.25, 0.3) is 0 Å². The van der Waals surface area contributed by atoms with E-state index in [4.69, 9.17) is 9.26 Å². The molecule has 1 saturated heterocycles. The Hall–Kier alpha value is -1.36.